The van der Waals surface area contributed by atoms with Crippen molar-refractivity contribution in [1.29, 1.82) is 0 Å². The van der Waals surface area contributed by atoms with E-state index < -0.39 is 11.7 Å². The number of ether oxygens (including phenoxy) is 2. The van der Waals surface area contributed by atoms with Crippen molar-refractivity contribution in [2.24, 2.45) is 0 Å². The Morgan fingerprint density at radius 3 is 2.68 bits per heavy atom. The topological polar surface area (TPSA) is 124 Å². The van der Waals surface area contributed by atoms with E-state index in [4.69, 9.17) is 20.2 Å². The van der Waals surface area contributed by atoms with Crippen LogP contribution in [0, 0.1) is 0 Å². The molecule has 10 heteroatoms. The number of nitrogens with zero attached hydrogens (tertiary/aromatic N) is 4. The summed E-state index contributed by atoms with van der Waals surface area (Å²) in [7, 11) is 1.53. The highest BCUT2D eigenvalue weighted by Gasteiger charge is 2.30. The van der Waals surface area contributed by atoms with Crippen LogP contribution in [0.15, 0.2) is 30.6 Å². The number of nitrogen functional groups attached to an aromatic ring is 1. The van der Waals surface area contributed by atoms with Crippen molar-refractivity contribution in [3.63, 3.8) is 0 Å². The molecule has 2 aromatic heterocycles. The fourth-order valence-electron chi connectivity index (χ4n) is 4.19. The number of benzene rings is 1. The van der Waals surface area contributed by atoms with Crippen LogP contribution in [-0.4, -0.2) is 57.1 Å². The van der Waals surface area contributed by atoms with E-state index in [0.717, 1.165) is 17.8 Å². The zero-order valence-electron chi connectivity index (χ0n) is 20.1. The summed E-state index contributed by atoms with van der Waals surface area (Å²) in [4.78, 5) is 35.1. The Kier molecular flexibility index (Phi) is 6.07. The molecule has 1 aliphatic rings. The third-order valence-corrected chi connectivity index (χ3v) is 5.72. The molecule has 1 fully saturated rings. The van der Waals surface area contributed by atoms with Gasteiger partial charge >= 0.3 is 6.09 Å². The number of likely N-dealkylation sites (tertiary alicyclic amines) is 1. The molecule has 0 bridgehead atoms. The average molecular weight is 467 g/mol. The summed E-state index contributed by atoms with van der Waals surface area (Å²) in [5.41, 5.74) is 8.23. The Balaban J connectivity index is 1.72. The number of carbonyl (C=O) groups excluding carboxylic acids is 2. The highest BCUT2D eigenvalue weighted by Crippen LogP contribution is 2.37. The maximum Gasteiger partial charge on any atom is 0.412 e. The second kappa shape index (κ2) is 8.85. The zero-order valence-corrected chi connectivity index (χ0v) is 20.1. The summed E-state index contributed by atoms with van der Waals surface area (Å²) in [6.45, 7) is 8.28. The smallest absolute Gasteiger partial charge is 0.412 e. The molecule has 34 heavy (non-hydrogen) atoms. The number of nitrogens with one attached hydrogen (secondary N) is 1. The van der Waals surface area contributed by atoms with Crippen molar-refractivity contribution in [3.05, 3.63) is 36.4 Å². The van der Waals surface area contributed by atoms with Crippen LogP contribution in [0.1, 0.15) is 45.9 Å². The van der Waals surface area contributed by atoms with Crippen molar-refractivity contribution in [2.45, 2.75) is 45.6 Å². The summed E-state index contributed by atoms with van der Waals surface area (Å²) in [5.74, 6) is 1.78. The van der Waals surface area contributed by atoms with Gasteiger partial charge in [0.1, 0.15) is 34.2 Å². The SMILES string of the molecule is COc1cc(-c2nc(C3CCN(C(C)=O)C3)n3ccnc(N)c23)ccc1NC(=O)OC(C)(C)C. The van der Waals surface area contributed by atoms with Crippen LogP contribution >= 0.6 is 0 Å². The lowest BCUT2D eigenvalue weighted by Gasteiger charge is -2.20. The van der Waals surface area contributed by atoms with E-state index >= 15 is 0 Å². The molecule has 10 nitrogen and oxygen atoms in total. The van der Waals surface area contributed by atoms with Gasteiger partial charge in [-0.05, 0) is 39.3 Å². The molecule has 0 spiro atoms. The van der Waals surface area contributed by atoms with Crippen LogP contribution in [0.25, 0.3) is 16.8 Å². The predicted octanol–water partition coefficient (Wildman–Crippen LogP) is 3.67. The molecule has 1 saturated heterocycles. The summed E-state index contributed by atoms with van der Waals surface area (Å²) in [6, 6.07) is 5.37. The van der Waals surface area contributed by atoms with Crippen LogP contribution in [0.3, 0.4) is 0 Å². The van der Waals surface area contributed by atoms with Crippen LogP contribution in [0.5, 0.6) is 5.75 Å². The number of aromatic nitrogens is 3. The number of imidazole rings is 1. The summed E-state index contributed by atoms with van der Waals surface area (Å²) in [6.07, 6.45) is 3.73. The summed E-state index contributed by atoms with van der Waals surface area (Å²) < 4.78 is 12.8. The summed E-state index contributed by atoms with van der Waals surface area (Å²) >= 11 is 0. The van der Waals surface area contributed by atoms with Gasteiger partial charge in [-0.25, -0.2) is 14.8 Å². The number of amides is 2. The molecular formula is C24H30N6O4. The lowest BCUT2D eigenvalue weighted by molar-refractivity contribution is -0.127. The number of methoxy groups -OCH3 is 1. The zero-order chi connectivity index (χ0) is 24.6. The van der Waals surface area contributed by atoms with E-state index in [2.05, 4.69) is 10.3 Å². The van der Waals surface area contributed by atoms with E-state index in [0.29, 0.717) is 41.6 Å². The van der Waals surface area contributed by atoms with Gasteiger partial charge in [0.05, 0.1) is 12.8 Å². The highest BCUT2D eigenvalue weighted by molar-refractivity contribution is 5.90. The maximum atomic E-state index is 12.2. The van der Waals surface area contributed by atoms with Gasteiger partial charge in [-0.3, -0.25) is 14.5 Å². The van der Waals surface area contributed by atoms with Gasteiger partial charge in [-0.15, -0.1) is 0 Å². The number of anilines is 2. The van der Waals surface area contributed by atoms with Gasteiger partial charge < -0.3 is 20.1 Å². The number of rotatable bonds is 4. The molecule has 3 N–H and O–H groups in total. The highest BCUT2D eigenvalue weighted by atomic mass is 16.6. The minimum atomic E-state index is -0.619. The van der Waals surface area contributed by atoms with E-state index in [1.165, 1.54) is 7.11 Å². The molecule has 1 unspecified atom stereocenters. The average Bonchev–Trinajstić information content (AvgIpc) is 3.38. The second-order valence-electron chi connectivity index (χ2n) is 9.34. The Hall–Kier alpha value is -3.82. The van der Waals surface area contributed by atoms with Crippen molar-refractivity contribution in [3.8, 4) is 17.0 Å². The quantitative estimate of drug-likeness (QED) is 0.601. The Morgan fingerprint density at radius 1 is 1.26 bits per heavy atom. The molecule has 3 aromatic rings. The molecule has 180 valence electrons. The first-order chi connectivity index (χ1) is 16.1. The van der Waals surface area contributed by atoms with Crippen molar-refractivity contribution < 1.29 is 19.1 Å². The van der Waals surface area contributed by atoms with Gasteiger partial charge in [0.25, 0.3) is 0 Å². The minimum Gasteiger partial charge on any atom is -0.495 e. The fraction of sp³-hybridized carbons (Fsp3) is 0.417. The molecule has 1 aromatic carbocycles. The lowest BCUT2D eigenvalue weighted by atomic mass is 10.1. The number of nitrogens with two attached hydrogens (primary N) is 1. The Morgan fingerprint density at radius 2 is 2.03 bits per heavy atom. The molecular weight excluding hydrogens is 436 g/mol. The molecule has 1 aliphatic heterocycles. The number of carbonyl (C=O) groups is 2. The Labute approximate surface area is 198 Å². The fourth-order valence-corrected chi connectivity index (χ4v) is 4.19. The van der Waals surface area contributed by atoms with E-state index in [9.17, 15) is 9.59 Å². The van der Waals surface area contributed by atoms with Crippen LogP contribution in [0.2, 0.25) is 0 Å². The van der Waals surface area contributed by atoms with Gasteiger partial charge in [0, 0.05) is 43.9 Å². The maximum absolute atomic E-state index is 12.2. The number of hydrogen-bond donors (Lipinski definition) is 2. The minimum absolute atomic E-state index is 0.0579. The van der Waals surface area contributed by atoms with E-state index in [-0.39, 0.29) is 11.8 Å². The number of fused-ring (bicyclic) bond motifs is 1. The third kappa shape index (κ3) is 4.61. The van der Waals surface area contributed by atoms with Crippen molar-refractivity contribution in [1.82, 2.24) is 19.3 Å². The molecule has 3 heterocycles. The monoisotopic (exact) mass is 466 g/mol. The first-order valence-corrected chi connectivity index (χ1v) is 11.1. The first kappa shape index (κ1) is 23.3. The third-order valence-electron chi connectivity index (χ3n) is 5.72. The number of hydrogen-bond acceptors (Lipinski definition) is 7. The lowest BCUT2D eigenvalue weighted by Crippen LogP contribution is -2.27. The predicted molar refractivity (Wildman–Crippen MR) is 129 cm³/mol. The molecule has 2 amide bonds. The Bertz CT molecular complexity index is 1250. The standard InChI is InChI=1S/C24H30N6O4/c1-14(31)29-10-8-16(13-29)22-28-19(20-21(25)26-9-11-30(20)22)15-6-7-17(18(12-15)33-5)27-23(32)34-24(2,3)4/h6-7,9,11-12,16H,8,10,13H2,1-5H3,(H2,25,26)(H,27,32). The van der Waals surface area contributed by atoms with Gasteiger partial charge in [0.15, 0.2) is 0 Å². The molecule has 0 radical (unpaired) electrons. The molecule has 1 atom stereocenters. The van der Waals surface area contributed by atoms with Crippen LogP contribution in [0.4, 0.5) is 16.3 Å². The van der Waals surface area contributed by atoms with Crippen LogP contribution in [-0.2, 0) is 9.53 Å². The normalized spacial score (nSPS) is 16.0. The summed E-state index contributed by atoms with van der Waals surface area (Å²) in [5, 5.41) is 2.72. The van der Waals surface area contributed by atoms with Crippen molar-refractivity contribution >= 4 is 29.0 Å². The van der Waals surface area contributed by atoms with Crippen LogP contribution < -0.4 is 15.8 Å². The molecule has 0 saturated carbocycles. The van der Waals surface area contributed by atoms with Gasteiger partial charge in [0.2, 0.25) is 5.91 Å². The van der Waals surface area contributed by atoms with Crippen molar-refractivity contribution in [2.75, 3.05) is 31.2 Å². The molecule has 4 rings (SSSR count). The van der Waals surface area contributed by atoms with E-state index in [1.807, 2.05) is 21.6 Å². The van der Waals surface area contributed by atoms with Gasteiger partial charge in [-0.1, -0.05) is 6.07 Å². The first-order valence-electron chi connectivity index (χ1n) is 11.1. The van der Waals surface area contributed by atoms with Gasteiger partial charge in [-0.2, -0.15) is 0 Å². The largest absolute Gasteiger partial charge is 0.495 e. The second-order valence-corrected chi connectivity index (χ2v) is 9.34. The molecule has 0 aliphatic carbocycles. The van der Waals surface area contributed by atoms with E-state index in [1.54, 1.807) is 46.0 Å².